The molecule has 39 heavy (non-hydrogen) atoms. The molecule has 0 atom stereocenters. The average molecular weight is 538 g/mol. The molecule has 5 rings (SSSR count). The fourth-order valence-electron chi connectivity index (χ4n) is 5.07. The molecule has 2 saturated carbocycles. The van der Waals surface area contributed by atoms with Gasteiger partial charge in [0.05, 0.1) is 16.8 Å². The van der Waals surface area contributed by atoms with Crippen molar-refractivity contribution in [2.75, 3.05) is 5.32 Å². The lowest BCUT2D eigenvalue weighted by molar-refractivity contribution is 0.0492. The number of hydrogen-bond acceptors (Lipinski definition) is 6. The molecule has 7 nitrogen and oxygen atoms in total. The van der Waals surface area contributed by atoms with Gasteiger partial charge < -0.3 is 20.5 Å². The van der Waals surface area contributed by atoms with E-state index in [0.29, 0.717) is 27.7 Å². The Bertz CT molecular complexity index is 1400. The fourth-order valence-corrected chi connectivity index (χ4v) is 5.07. The number of anilines is 1. The van der Waals surface area contributed by atoms with Crippen LogP contribution in [0.25, 0.3) is 22.0 Å². The highest BCUT2D eigenvalue weighted by atomic mass is 19.1. The first-order valence-electron chi connectivity index (χ1n) is 13.4. The van der Waals surface area contributed by atoms with E-state index in [0.717, 1.165) is 50.7 Å². The first kappa shape index (κ1) is 26.8. The summed E-state index contributed by atoms with van der Waals surface area (Å²) in [6, 6.07) is 7.47. The molecule has 1 amide bonds. The molecule has 0 radical (unpaired) electrons. The summed E-state index contributed by atoms with van der Waals surface area (Å²) in [5.74, 6) is -3.08. The Balaban J connectivity index is 1.42. The van der Waals surface area contributed by atoms with Gasteiger partial charge in [-0.3, -0.25) is 9.78 Å². The second-order valence-corrected chi connectivity index (χ2v) is 11.5. The Hall–Kier alpha value is -3.75. The van der Waals surface area contributed by atoms with Crippen molar-refractivity contribution < 1.29 is 28.2 Å². The van der Waals surface area contributed by atoms with Gasteiger partial charge in [0.15, 0.2) is 23.2 Å². The third kappa shape index (κ3) is 6.13. The number of benzene rings is 2. The highest BCUT2D eigenvalue weighted by Gasteiger charge is 2.33. The molecule has 9 heteroatoms. The first-order chi connectivity index (χ1) is 18.5. The number of alkyl carbamates (subject to hydrolysis) is 1. The highest BCUT2D eigenvalue weighted by molar-refractivity contribution is 6.10. The SMILES string of the molecule is CC(C)(C)OC(=O)NC1CCC(Nc2c(C(=O)C3CC3)cnc3ccc(-c4cc(F)c(O)c(F)c4)cc23)CC1. The summed E-state index contributed by atoms with van der Waals surface area (Å²) in [5.41, 5.74) is 2.07. The molecule has 3 N–H and O–H groups in total. The lowest BCUT2D eigenvalue weighted by atomic mass is 9.90. The van der Waals surface area contributed by atoms with Crippen molar-refractivity contribution in [1.29, 1.82) is 0 Å². The normalized spacial score (nSPS) is 19.5. The number of amides is 1. The van der Waals surface area contributed by atoms with Crippen LogP contribution in [0.15, 0.2) is 36.5 Å². The van der Waals surface area contributed by atoms with E-state index in [1.165, 1.54) is 0 Å². The third-order valence-corrected chi connectivity index (χ3v) is 7.23. The lowest BCUT2D eigenvalue weighted by Gasteiger charge is -2.31. The van der Waals surface area contributed by atoms with Gasteiger partial charge in [-0.2, -0.15) is 0 Å². The van der Waals surface area contributed by atoms with Gasteiger partial charge in [-0.05, 0) is 94.7 Å². The summed E-state index contributed by atoms with van der Waals surface area (Å²) < 4.78 is 33.6. The first-order valence-corrected chi connectivity index (χ1v) is 13.4. The molecule has 3 aromatic rings. The summed E-state index contributed by atoms with van der Waals surface area (Å²) >= 11 is 0. The number of rotatable bonds is 6. The van der Waals surface area contributed by atoms with Crippen LogP contribution < -0.4 is 10.6 Å². The minimum atomic E-state index is -1.05. The van der Waals surface area contributed by atoms with Gasteiger partial charge >= 0.3 is 6.09 Å². The van der Waals surface area contributed by atoms with Gasteiger partial charge in [0.2, 0.25) is 0 Å². The largest absolute Gasteiger partial charge is 0.503 e. The highest BCUT2D eigenvalue weighted by Crippen LogP contribution is 2.39. The molecular formula is C30H33F2N3O4. The Morgan fingerprint density at radius 2 is 1.59 bits per heavy atom. The number of fused-ring (bicyclic) bond motifs is 1. The molecule has 0 aliphatic heterocycles. The van der Waals surface area contributed by atoms with Crippen LogP contribution in [0.3, 0.4) is 0 Å². The number of phenolic OH excluding ortho intramolecular Hbond substituents is 1. The molecule has 0 unspecified atom stereocenters. The molecule has 2 aliphatic rings. The Labute approximate surface area is 226 Å². The zero-order chi connectivity index (χ0) is 27.9. The van der Waals surface area contributed by atoms with E-state index in [2.05, 4.69) is 15.6 Å². The van der Waals surface area contributed by atoms with Crippen molar-refractivity contribution >= 4 is 28.5 Å². The molecule has 1 aromatic heterocycles. The molecule has 0 saturated heterocycles. The summed E-state index contributed by atoms with van der Waals surface area (Å²) in [4.78, 5) is 29.9. The van der Waals surface area contributed by atoms with Crippen molar-refractivity contribution in [3.05, 3.63) is 53.7 Å². The molecule has 0 bridgehead atoms. The van der Waals surface area contributed by atoms with Crippen molar-refractivity contribution in [1.82, 2.24) is 10.3 Å². The average Bonchev–Trinajstić information content (AvgIpc) is 3.72. The van der Waals surface area contributed by atoms with Crippen LogP contribution in [0.4, 0.5) is 19.3 Å². The Kier molecular flexibility index (Phi) is 7.18. The summed E-state index contributed by atoms with van der Waals surface area (Å²) in [5, 5.41) is 16.7. The van der Waals surface area contributed by atoms with Crippen LogP contribution in [-0.2, 0) is 4.74 Å². The molecule has 2 aromatic carbocycles. The molecule has 2 fully saturated rings. The van der Waals surface area contributed by atoms with E-state index in [1.807, 2.05) is 20.8 Å². The number of carbonyl (C=O) groups excluding carboxylic acids is 2. The molecular weight excluding hydrogens is 504 g/mol. The van der Waals surface area contributed by atoms with Crippen molar-refractivity contribution in [3.8, 4) is 16.9 Å². The number of ketones is 1. The van der Waals surface area contributed by atoms with E-state index in [-0.39, 0.29) is 29.3 Å². The lowest BCUT2D eigenvalue weighted by Crippen LogP contribution is -2.42. The smallest absolute Gasteiger partial charge is 0.407 e. The molecule has 206 valence electrons. The minimum absolute atomic E-state index is 0.00513. The van der Waals surface area contributed by atoms with Crippen LogP contribution in [0.5, 0.6) is 5.75 Å². The maximum Gasteiger partial charge on any atom is 0.407 e. The molecule has 0 spiro atoms. The number of Topliss-reactive ketones (excluding diaryl/α,β-unsaturated/α-hetero) is 1. The fraction of sp³-hybridized carbons (Fsp3) is 0.433. The van der Waals surface area contributed by atoms with E-state index >= 15 is 0 Å². The predicted octanol–water partition coefficient (Wildman–Crippen LogP) is 6.73. The number of pyridine rings is 1. The topological polar surface area (TPSA) is 101 Å². The zero-order valence-corrected chi connectivity index (χ0v) is 22.3. The van der Waals surface area contributed by atoms with Gasteiger partial charge in [0, 0.05) is 29.6 Å². The standard InChI is InChI=1S/C30H33F2N3O4/c1-30(2,3)39-29(38)35-20-9-7-19(8-10-20)34-26-21-12-17(18-13-23(31)28(37)24(32)14-18)6-11-25(21)33-15-22(26)27(36)16-4-5-16/h6,11-16,19-20,37H,4-5,7-10H2,1-3H3,(H,33,34)(H,35,38). The summed E-state index contributed by atoms with van der Waals surface area (Å²) in [6.45, 7) is 5.48. The van der Waals surface area contributed by atoms with Crippen LogP contribution in [0.2, 0.25) is 0 Å². The number of nitrogens with one attached hydrogen (secondary N) is 2. The van der Waals surface area contributed by atoms with Gasteiger partial charge in [-0.1, -0.05) is 6.07 Å². The van der Waals surface area contributed by atoms with Crippen LogP contribution >= 0.6 is 0 Å². The van der Waals surface area contributed by atoms with E-state index in [1.54, 1.807) is 24.4 Å². The van der Waals surface area contributed by atoms with E-state index in [4.69, 9.17) is 4.74 Å². The van der Waals surface area contributed by atoms with Gasteiger partial charge in [0.1, 0.15) is 5.60 Å². The van der Waals surface area contributed by atoms with Crippen LogP contribution in [0, 0.1) is 17.6 Å². The second kappa shape index (κ2) is 10.4. The minimum Gasteiger partial charge on any atom is -0.503 e. The number of carbonyl (C=O) groups is 2. The maximum atomic E-state index is 14.1. The number of aromatic hydroxyl groups is 1. The predicted molar refractivity (Wildman–Crippen MR) is 145 cm³/mol. The maximum absolute atomic E-state index is 14.1. The second-order valence-electron chi connectivity index (χ2n) is 11.5. The Morgan fingerprint density at radius 1 is 0.949 bits per heavy atom. The number of aromatic nitrogens is 1. The number of halogens is 2. The molecule has 2 aliphatic carbocycles. The van der Waals surface area contributed by atoms with E-state index in [9.17, 15) is 23.5 Å². The monoisotopic (exact) mass is 537 g/mol. The summed E-state index contributed by atoms with van der Waals surface area (Å²) in [7, 11) is 0. The van der Waals surface area contributed by atoms with Crippen molar-refractivity contribution in [3.63, 3.8) is 0 Å². The summed E-state index contributed by atoms with van der Waals surface area (Å²) in [6.07, 6.45) is 5.94. The zero-order valence-electron chi connectivity index (χ0n) is 22.3. The van der Waals surface area contributed by atoms with Crippen LogP contribution in [0.1, 0.15) is 69.7 Å². The number of nitrogens with zero attached hydrogens (tertiary/aromatic N) is 1. The van der Waals surface area contributed by atoms with E-state index < -0.39 is 29.1 Å². The van der Waals surface area contributed by atoms with Crippen molar-refractivity contribution in [2.45, 2.75) is 77.0 Å². The van der Waals surface area contributed by atoms with Crippen molar-refractivity contribution in [2.24, 2.45) is 5.92 Å². The van der Waals surface area contributed by atoms with Gasteiger partial charge in [-0.25, -0.2) is 13.6 Å². The number of hydrogen-bond donors (Lipinski definition) is 3. The Morgan fingerprint density at radius 3 is 2.21 bits per heavy atom. The van der Waals surface area contributed by atoms with Gasteiger partial charge in [0.25, 0.3) is 0 Å². The quantitative estimate of drug-likeness (QED) is 0.302. The number of ether oxygens (including phenoxy) is 1. The number of phenols is 1. The third-order valence-electron chi connectivity index (χ3n) is 7.23. The molecule has 1 heterocycles. The van der Waals surface area contributed by atoms with Crippen LogP contribution in [-0.4, -0.2) is 39.7 Å². The van der Waals surface area contributed by atoms with Gasteiger partial charge in [-0.15, -0.1) is 0 Å².